The topological polar surface area (TPSA) is 18.5 Å². The van der Waals surface area contributed by atoms with E-state index in [0.29, 0.717) is 45.2 Å². The van der Waals surface area contributed by atoms with Gasteiger partial charge in [0.05, 0.1) is 13.2 Å². The zero-order valence-electron chi connectivity index (χ0n) is 13.5. The molecule has 0 radical (unpaired) electrons. The molecule has 0 aromatic heterocycles. The van der Waals surface area contributed by atoms with Crippen molar-refractivity contribution in [3.63, 3.8) is 0 Å². The molecule has 136 valence electrons. The predicted octanol–water partition coefficient (Wildman–Crippen LogP) is 7.34. The maximum Gasteiger partial charge on any atom is 0.336 e. The Morgan fingerprint density at radius 3 is 1.60 bits per heavy atom. The van der Waals surface area contributed by atoms with Gasteiger partial charge in [0.15, 0.2) is 0 Å². The minimum atomic E-state index is -2.50. The van der Waals surface area contributed by atoms with Gasteiger partial charge < -0.3 is 8.85 Å². The van der Waals surface area contributed by atoms with E-state index in [0.717, 1.165) is 11.1 Å². The zero-order chi connectivity index (χ0) is 18.4. The Kier molecular flexibility index (Phi) is 8.37. The molecule has 8 heteroatoms. The summed E-state index contributed by atoms with van der Waals surface area (Å²) in [6, 6.07) is 11.3. The maximum absolute atomic E-state index is 6.20. The van der Waals surface area contributed by atoms with Crippen molar-refractivity contribution >= 4 is 66.6 Å². The van der Waals surface area contributed by atoms with E-state index < -0.39 is 8.56 Å². The normalized spacial score (nSPS) is 11.8. The zero-order valence-corrected chi connectivity index (χ0v) is 18.3. The van der Waals surface area contributed by atoms with Crippen molar-refractivity contribution in [2.24, 2.45) is 0 Å². The molecule has 0 aliphatic rings. The van der Waals surface area contributed by atoms with Gasteiger partial charge in [-0.3, -0.25) is 0 Å². The van der Waals surface area contributed by atoms with Gasteiger partial charge in [-0.1, -0.05) is 58.5 Å². The van der Waals surface area contributed by atoms with Crippen molar-refractivity contribution in [2.75, 3.05) is 5.88 Å². The molecule has 0 aliphatic heterocycles. The molecule has 2 rings (SSSR count). The highest BCUT2D eigenvalue weighted by atomic mass is 35.5. The lowest BCUT2D eigenvalue weighted by molar-refractivity contribution is 0.159. The SMILES string of the molecule is C[Si](CCCl)(OCc1ccc(Cl)cc1Cl)OCc1ccc(Cl)cc1Cl. The van der Waals surface area contributed by atoms with E-state index >= 15 is 0 Å². The number of benzene rings is 2. The van der Waals surface area contributed by atoms with Gasteiger partial charge >= 0.3 is 8.56 Å². The fourth-order valence-corrected chi connectivity index (χ4v) is 5.69. The van der Waals surface area contributed by atoms with Crippen molar-refractivity contribution in [3.05, 3.63) is 67.6 Å². The molecule has 0 bridgehead atoms. The molecule has 0 heterocycles. The van der Waals surface area contributed by atoms with E-state index in [1.165, 1.54) is 0 Å². The third-order valence-corrected chi connectivity index (χ3v) is 7.99. The van der Waals surface area contributed by atoms with Crippen LogP contribution in [0.25, 0.3) is 0 Å². The van der Waals surface area contributed by atoms with Crippen molar-refractivity contribution in [3.8, 4) is 0 Å². The van der Waals surface area contributed by atoms with Crippen LogP contribution < -0.4 is 0 Å². The summed E-state index contributed by atoms with van der Waals surface area (Å²) in [5.74, 6) is 0.450. The second-order valence-electron chi connectivity index (χ2n) is 5.62. The summed E-state index contributed by atoms with van der Waals surface area (Å²) in [5, 5.41) is 2.30. The minimum Gasteiger partial charge on any atom is -0.390 e. The average molecular weight is 459 g/mol. The Morgan fingerprint density at radius 1 is 0.800 bits per heavy atom. The number of hydrogen-bond acceptors (Lipinski definition) is 2. The number of halogens is 5. The third-order valence-electron chi connectivity index (χ3n) is 3.64. The lowest BCUT2D eigenvalue weighted by Gasteiger charge is -2.27. The highest BCUT2D eigenvalue weighted by Crippen LogP contribution is 2.27. The molecule has 0 aliphatic carbocycles. The Hall–Kier alpha value is 0.0269. The lowest BCUT2D eigenvalue weighted by Crippen LogP contribution is -2.38. The molecule has 0 atom stereocenters. The summed E-state index contributed by atoms with van der Waals surface area (Å²) in [5.41, 5.74) is 1.71. The molecule has 0 saturated carbocycles. The standard InChI is InChI=1S/C17H17Cl5O2Si/c1-25(7-6-18,23-10-12-2-4-14(19)8-16(12)21)24-11-13-3-5-15(20)9-17(13)22/h2-5,8-9H,6-7,10-11H2,1H3. The van der Waals surface area contributed by atoms with Gasteiger partial charge in [0.1, 0.15) is 0 Å². The first-order valence-electron chi connectivity index (χ1n) is 7.55. The van der Waals surface area contributed by atoms with E-state index in [2.05, 4.69) is 0 Å². The van der Waals surface area contributed by atoms with E-state index in [1.807, 2.05) is 18.7 Å². The summed E-state index contributed by atoms with van der Waals surface area (Å²) < 4.78 is 12.2. The molecule has 0 fully saturated rings. The highest BCUT2D eigenvalue weighted by molar-refractivity contribution is 6.66. The van der Waals surface area contributed by atoms with E-state index in [9.17, 15) is 0 Å². The monoisotopic (exact) mass is 456 g/mol. The fourth-order valence-electron chi connectivity index (χ4n) is 2.10. The van der Waals surface area contributed by atoms with Gasteiger partial charge in [-0.05, 0) is 41.9 Å². The fraction of sp³-hybridized carbons (Fsp3) is 0.294. The van der Waals surface area contributed by atoms with Gasteiger partial charge in [0, 0.05) is 32.0 Å². The highest BCUT2D eigenvalue weighted by Gasteiger charge is 2.31. The van der Waals surface area contributed by atoms with Crippen LogP contribution in [0.4, 0.5) is 0 Å². The number of hydrogen-bond donors (Lipinski definition) is 0. The maximum atomic E-state index is 6.20. The van der Waals surface area contributed by atoms with Crippen LogP contribution in [-0.2, 0) is 22.1 Å². The minimum absolute atomic E-state index is 0.337. The molecule has 0 spiro atoms. The van der Waals surface area contributed by atoms with E-state index in [4.69, 9.17) is 66.9 Å². The molecule has 2 aromatic rings. The summed E-state index contributed by atoms with van der Waals surface area (Å²) in [6.07, 6.45) is 0. The predicted molar refractivity (Wildman–Crippen MR) is 110 cm³/mol. The molecule has 0 unspecified atom stereocenters. The molecular formula is C17H17Cl5O2Si. The van der Waals surface area contributed by atoms with Crippen LogP contribution in [0, 0.1) is 0 Å². The molecule has 2 nitrogen and oxygen atoms in total. The summed E-state index contributed by atoms with van der Waals surface area (Å²) >= 11 is 30.2. The first-order chi connectivity index (χ1) is 11.8. The van der Waals surface area contributed by atoms with Crippen LogP contribution >= 0.6 is 58.0 Å². The van der Waals surface area contributed by atoms with Crippen LogP contribution in [0.15, 0.2) is 36.4 Å². The van der Waals surface area contributed by atoms with Gasteiger partial charge in [0.2, 0.25) is 0 Å². The van der Waals surface area contributed by atoms with Gasteiger partial charge in [-0.25, -0.2) is 0 Å². The van der Waals surface area contributed by atoms with Gasteiger partial charge in [-0.2, -0.15) is 0 Å². The quantitative estimate of drug-likeness (QED) is 0.304. The van der Waals surface area contributed by atoms with Gasteiger partial charge in [0.25, 0.3) is 0 Å². The van der Waals surface area contributed by atoms with Crippen LogP contribution in [0.3, 0.4) is 0 Å². The van der Waals surface area contributed by atoms with Crippen molar-refractivity contribution in [2.45, 2.75) is 25.8 Å². The Balaban J connectivity index is 2.03. The van der Waals surface area contributed by atoms with Crippen LogP contribution in [-0.4, -0.2) is 14.4 Å². The molecule has 2 aromatic carbocycles. The van der Waals surface area contributed by atoms with Crippen molar-refractivity contribution in [1.82, 2.24) is 0 Å². The molecule has 0 saturated heterocycles. The summed E-state index contributed by atoms with van der Waals surface area (Å²) in [4.78, 5) is 0. The van der Waals surface area contributed by atoms with E-state index in [1.54, 1.807) is 24.3 Å². The molecule has 25 heavy (non-hydrogen) atoms. The first-order valence-corrected chi connectivity index (χ1v) is 12.1. The number of alkyl halides is 1. The van der Waals surface area contributed by atoms with Crippen molar-refractivity contribution in [1.29, 1.82) is 0 Å². The summed E-state index contributed by atoms with van der Waals surface area (Å²) in [6.45, 7) is 2.65. The molecule has 0 N–H and O–H groups in total. The number of rotatable bonds is 8. The van der Waals surface area contributed by atoms with Crippen LogP contribution in [0.1, 0.15) is 11.1 Å². The molecule has 0 amide bonds. The summed E-state index contributed by atoms with van der Waals surface area (Å²) in [7, 11) is -2.50. The van der Waals surface area contributed by atoms with Crippen LogP contribution in [0.5, 0.6) is 0 Å². The largest absolute Gasteiger partial charge is 0.390 e. The third kappa shape index (κ3) is 6.60. The second kappa shape index (κ2) is 9.82. The molecular weight excluding hydrogens is 442 g/mol. The van der Waals surface area contributed by atoms with Crippen LogP contribution in [0.2, 0.25) is 32.7 Å². The van der Waals surface area contributed by atoms with Crippen molar-refractivity contribution < 1.29 is 8.85 Å². The lowest BCUT2D eigenvalue weighted by atomic mass is 10.2. The smallest absolute Gasteiger partial charge is 0.336 e. The Labute approximate surface area is 174 Å². The Bertz CT molecular complexity index is 671. The average Bonchev–Trinajstić information content (AvgIpc) is 2.53. The second-order valence-corrected chi connectivity index (χ2v) is 11.0. The van der Waals surface area contributed by atoms with Gasteiger partial charge in [-0.15, -0.1) is 11.6 Å². The Morgan fingerprint density at radius 2 is 1.24 bits per heavy atom. The first kappa shape index (κ1) is 21.3. The van der Waals surface area contributed by atoms with E-state index in [-0.39, 0.29) is 0 Å².